The summed E-state index contributed by atoms with van der Waals surface area (Å²) < 4.78 is 5.12. The smallest absolute Gasteiger partial charge is 0.259 e. The molecule has 0 saturated heterocycles. The Morgan fingerprint density at radius 2 is 1.72 bits per heavy atom. The predicted molar refractivity (Wildman–Crippen MR) is 115 cm³/mol. The molecule has 29 heavy (non-hydrogen) atoms. The lowest BCUT2D eigenvalue weighted by Crippen LogP contribution is -2.34. The molecule has 2 aromatic carbocycles. The van der Waals surface area contributed by atoms with Gasteiger partial charge in [0.05, 0.1) is 19.9 Å². The van der Waals surface area contributed by atoms with Gasteiger partial charge < -0.3 is 15.0 Å². The molecule has 0 saturated carbocycles. The van der Waals surface area contributed by atoms with E-state index in [1.54, 1.807) is 13.3 Å². The Bertz CT molecular complexity index is 815. The van der Waals surface area contributed by atoms with Crippen LogP contribution >= 0.6 is 0 Å². The lowest BCUT2D eigenvalue weighted by atomic mass is 10.1. The highest BCUT2D eigenvalue weighted by Crippen LogP contribution is 2.13. The van der Waals surface area contributed by atoms with Crippen molar-refractivity contribution in [3.05, 3.63) is 59.7 Å². The Labute approximate surface area is 171 Å². The molecule has 0 spiro atoms. The van der Waals surface area contributed by atoms with Crippen LogP contribution in [0.15, 0.2) is 53.6 Å². The summed E-state index contributed by atoms with van der Waals surface area (Å²) in [6, 6.07) is 15.5. The quantitative estimate of drug-likeness (QED) is 0.477. The summed E-state index contributed by atoms with van der Waals surface area (Å²) in [7, 11) is 5.57. The second kappa shape index (κ2) is 11.5. The van der Waals surface area contributed by atoms with Crippen molar-refractivity contribution in [2.75, 3.05) is 32.6 Å². The van der Waals surface area contributed by atoms with Crippen molar-refractivity contribution in [3.63, 3.8) is 0 Å². The molecular formula is C22H28N4O3. The fourth-order valence-corrected chi connectivity index (χ4v) is 2.59. The summed E-state index contributed by atoms with van der Waals surface area (Å²) in [6.45, 7) is -0.0989. The number of carbonyl (C=O) groups excluding carboxylic acids is 2. The molecule has 0 aliphatic rings. The van der Waals surface area contributed by atoms with Crippen molar-refractivity contribution in [2.45, 2.75) is 19.3 Å². The summed E-state index contributed by atoms with van der Waals surface area (Å²) in [5.74, 6) is 0.289. The van der Waals surface area contributed by atoms with Gasteiger partial charge in [-0.3, -0.25) is 9.59 Å². The predicted octanol–water partition coefficient (Wildman–Crippen LogP) is 2.35. The highest BCUT2D eigenvalue weighted by Gasteiger charge is 2.05. The Hall–Kier alpha value is -3.35. The zero-order chi connectivity index (χ0) is 21.1. The lowest BCUT2D eigenvalue weighted by Gasteiger charge is -2.11. The monoisotopic (exact) mass is 396 g/mol. The van der Waals surface area contributed by atoms with Gasteiger partial charge in [0.1, 0.15) is 5.75 Å². The third-order valence-corrected chi connectivity index (χ3v) is 4.29. The number of rotatable bonds is 10. The Morgan fingerprint density at radius 1 is 1.03 bits per heavy atom. The molecule has 0 aliphatic carbocycles. The zero-order valence-corrected chi connectivity index (χ0v) is 17.1. The van der Waals surface area contributed by atoms with Crippen LogP contribution in [0.5, 0.6) is 5.75 Å². The molecule has 0 aromatic heterocycles. The van der Waals surface area contributed by atoms with E-state index in [-0.39, 0.29) is 18.4 Å². The largest absolute Gasteiger partial charge is 0.497 e. The van der Waals surface area contributed by atoms with Crippen LogP contribution in [0.4, 0.5) is 5.69 Å². The Morgan fingerprint density at radius 3 is 2.34 bits per heavy atom. The normalized spacial score (nSPS) is 10.6. The van der Waals surface area contributed by atoms with Crippen LogP contribution in [0.1, 0.15) is 24.0 Å². The second-order valence-electron chi connectivity index (χ2n) is 6.76. The fourth-order valence-electron chi connectivity index (χ4n) is 2.59. The van der Waals surface area contributed by atoms with Crippen molar-refractivity contribution in [1.82, 2.24) is 10.7 Å². The first-order valence-electron chi connectivity index (χ1n) is 9.47. The minimum absolute atomic E-state index is 0.0989. The van der Waals surface area contributed by atoms with Crippen LogP contribution in [0, 0.1) is 0 Å². The Balaban J connectivity index is 1.62. The van der Waals surface area contributed by atoms with Gasteiger partial charge >= 0.3 is 0 Å². The number of nitrogens with one attached hydrogen (secondary N) is 2. The van der Waals surface area contributed by atoms with Crippen LogP contribution in [0.3, 0.4) is 0 Å². The standard InChI is InChI=1S/C22H28N4O3/c1-26(2)19-11-7-18(8-12-19)15-24-25-22(28)16-23-21(27)6-4-5-17-9-13-20(29-3)14-10-17/h7-15H,4-6,16H2,1-3H3,(H,23,27)(H,25,28). The number of anilines is 1. The molecule has 0 atom stereocenters. The number of hydrogen-bond donors (Lipinski definition) is 2. The zero-order valence-electron chi connectivity index (χ0n) is 17.1. The maximum Gasteiger partial charge on any atom is 0.259 e. The average Bonchev–Trinajstić information content (AvgIpc) is 2.73. The Kier molecular flexibility index (Phi) is 8.69. The van der Waals surface area contributed by atoms with E-state index in [9.17, 15) is 9.59 Å². The number of carbonyl (C=O) groups is 2. The number of methoxy groups -OCH3 is 1. The molecule has 2 N–H and O–H groups in total. The number of benzene rings is 2. The van der Waals surface area contributed by atoms with E-state index in [1.807, 2.05) is 67.5 Å². The average molecular weight is 396 g/mol. The van der Waals surface area contributed by atoms with Crippen molar-refractivity contribution < 1.29 is 14.3 Å². The summed E-state index contributed by atoms with van der Waals surface area (Å²) in [4.78, 5) is 25.6. The number of amides is 2. The van der Waals surface area contributed by atoms with E-state index in [4.69, 9.17) is 4.74 Å². The first-order valence-corrected chi connectivity index (χ1v) is 9.47. The van der Waals surface area contributed by atoms with Crippen LogP contribution in [-0.2, 0) is 16.0 Å². The molecule has 154 valence electrons. The second-order valence-corrected chi connectivity index (χ2v) is 6.76. The van der Waals surface area contributed by atoms with Gasteiger partial charge in [0, 0.05) is 26.2 Å². The number of aryl methyl sites for hydroxylation is 1. The van der Waals surface area contributed by atoms with Crippen molar-refractivity contribution in [1.29, 1.82) is 0 Å². The van der Waals surface area contributed by atoms with Gasteiger partial charge in [-0.25, -0.2) is 5.43 Å². The van der Waals surface area contributed by atoms with E-state index in [0.29, 0.717) is 12.8 Å². The molecule has 0 aliphatic heterocycles. The molecule has 2 aromatic rings. The minimum Gasteiger partial charge on any atom is -0.497 e. The van der Waals surface area contributed by atoms with Crippen molar-refractivity contribution in [3.8, 4) is 5.75 Å². The van der Waals surface area contributed by atoms with Gasteiger partial charge in [-0.15, -0.1) is 0 Å². The molecule has 7 heteroatoms. The maximum atomic E-state index is 11.9. The number of hydrazone groups is 1. The molecule has 0 unspecified atom stereocenters. The van der Waals surface area contributed by atoms with Gasteiger partial charge in [-0.2, -0.15) is 5.10 Å². The third-order valence-electron chi connectivity index (χ3n) is 4.29. The summed E-state index contributed by atoms with van der Waals surface area (Å²) >= 11 is 0. The van der Waals surface area contributed by atoms with E-state index < -0.39 is 0 Å². The highest BCUT2D eigenvalue weighted by molar-refractivity contribution is 5.86. The lowest BCUT2D eigenvalue weighted by molar-refractivity contribution is -0.126. The van der Waals surface area contributed by atoms with Crippen LogP contribution in [0.25, 0.3) is 0 Å². The van der Waals surface area contributed by atoms with Gasteiger partial charge in [0.2, 0.25) is 5.91 Å². The molecule has 0 radical (unpaired) electrons. The van der Waals surface area contributed by atoms with Crippen LogP contribution < -0.4 is 20.4 Å². The SMILES string of the molecule is COc1ccc(CCCC(=O)NCC(=O)NN=Cc2ccc(N(C)C)cc2)cc1. The summed E-state index contributed by atoms with van der Waals surface area (Å²) in [5, 5.41) is 6.52. The van der Waals surface area contributed by atoms with E-state index in [1.165, 1.54) is 0 Å². The maximum absolute atomic E-state index is 11.9. The first kappa shape index (κ1) is 21.9. The summed E-state index contributed by atoms with van der Waals surface area (Å²) in [6.07, 6.45) is 3.43. The van der Waals surface area contributed by atoms with E-state index >= 15 is 0 Å². The highest BCUT2D eigenvalue weighted by atomic mass is 16.5. The minimum atomic E-state index is -0.366. The topological polar surface area (TPSA) is 83.0 Å². The van der Waals surface area contributed by atoms with Gasteiger partial charge in [-0.05, 0) is 48.2 Å². The third kappa shape index (κ3) is 8.04. The summed E-state index contributed by atoms with van der Waals surface area (Å²) in [5.41, 5.74) is 5.51. The van der Waals surface area contributed by atoms with Crippen molar-refractivity contribution >= 4 is 23.7 Å². The molecule has 2 amide bonds. The molecule has 7 nitrogen and oxygen atoms in total. The van der Waals surface area contributed by atoms with Gasteiger partial charge in [-0.1, -0.05) is 24.3 Å². The number of nitrogens with zero attached hydrogens (tertiary/aromatic N) is 2. The molecule has 2 rings (SSSR count). The number of ether oxygens (including phenoxy) is 1. The van der Waals surface area contributed by atoms with Gasteiger partial charge in [0.25, 0.3) is 5.91 Å². The molecule has 0 bridgehead atoms. The van der Waals surface area contributed by atoms with Crippen molar-refractivity contribution in [2.24, 2.45) is 5.10 Å². The number of hydrogen-bond acceptors (Lipinski definition) is 5. The van der Waals surface area contributed by atoms with Gasteiger partial charge in [0.15, 0.2) is 0 Å². The molecular weight excluding hydrogens is 368 g/mol. The fraction of sp³-hybridized carbons (Fsp3) is 0.318. The van der Waals surface area contributed by atoms with E-state index in [0.717, 1.165) is 29.0 Å². The van der Waals surface area contributed by atoms with Crippen LogP contribution in [0.2, 0.25) is 0 Å². The molecule has 0 heterocycles. The first-order chi connectivity index (χ1) is 14.0. The molecule has 0 fully saturated rings. The van der Waals surface area contributed by atoms with Crippen LogP contribution in [-0.4, -0.2) is 45.8 Å². The van der Waals surface area contributed by atoms with E-state index in [2.05, 4.69) is 15.8 Å².